The molecule has 0 unspecified atom stereocenters. The molecule has 5 heteroatoms. The lowest BCUT2D eigenvalue weighted by Gasteiger charge is -2.21. The molecule has 5 nitrogen and oxygen atoms in total. The number of carbonyl (C=O) groups excluding carboxylic acids is 1. The minimum atomic E-state index is -0.0213. The van der Waals surface area contributed by atoms with E-state index in [4.69, 9.17) is 0 Å². The number of amides is 1. The van der Waals surface area contributed by atoms with Crippen molar-refractivity contribution in [3.05, 3.63) is 53.3 Å². The van der Waals surface area contributed by atoms with Gasteiger partial charge in [0, 0.05) is 25.3 Å². The zero-order chi connectivity index (χ0) is 17.4. The molecule has 2 rings (SSSR count). The van der Waals surface area contributed by atoms with Gasteiger partial charge in [0.15, 0.2) is 0 Å². The molecule has 0 saturated carbocycles. The molecule has 24 heavy (non-hydrogen) atoms. The summed E-state index contributed by atoms with van der Waals surface area (Å²) in [5.41, 5.74) is 2.39. The van der Waals surface area contributed by atoms with Crippen molar-refractivity contribution in [2.24, 2.45) is 0 Å². The van der Waals surface area contributed by atoms with E-state index in [2.05, 4.69) is 29.1 Å². The maximum atomic E-state index is 12.7. The Morgan fingerprint density at radius 2 is 1.75 bits per heavy atom. The molecule has 1 aromatic heterocycles. The van der Waals surface area contributed by atoms with Crippen LogP contribution in [0.1, 0.15) is 48.4 Å². The van der Waals surface area contributed by atoms with E-state index in [1.165, 1.54) is 0 Å². The second-order valence-electron chi connectivity index (χ2n) is 5.85. The van der Waals surface area contributed by atoms with Crippen molar-refractivity contribution in [1.29, 1.82) is 0 Å². The zero-order valence-corrected chi connectivity index (χ0v) is 14.7. The Balaban J connectivity index is 2.13. The van der Waals surface area contributed by atoms with Gasteiger partial charge in [0.2, 0.25) is 5.95 Å². The Morgan fingerprint density at radius 1 is 1.08 bits per heavy atom. The smallest absolute Gasteiger partial charge is 0.272 e. The van der Waals surface area contributed by atoms with E-state index in [0.29, 0.717) is 18.2 Å². The molecule has 1 heterocycles. The minimum Gasteiger partial charge on any atom is -0.350 e. The molecule has 0 aliphatic carbocycles. The van der Waals surface area contributed by atoms with Crippen LogP contribution in [0.2, 0.25) is 0 Å². The van der Waals surface area contributed by atoms with Gasteiger partial charge in [-0.15, -0.1) is 0 Å². The first-order valence-electron chi connectivity index (χ1n) is 8.56. The lowest BCUT2D eigenvalue weighted by atomic mass is 10.2. The minimum absolute atomic E-state index is 0.0213. The molecule has 1 amide bonds. The monoisotopic (exact) mass is 326 g/mol. The highest BCUT2D eigenvalue weighted by Gasteiger charge is 2.17. The third kappa shape index (κ3) is 5.05. The Kier molecular flexibility index (Phi) is 6.73. The van der Waals surface area contributed by atoms with E-state index in [0.717, 1.165) is 37.2 Å². The number of aryl methyl sites for hydroxylation is 1. The predicted molar refractivity (Wildman–Crippen MR) is 97.0 cm³/mol. The molecule has 1 N–H and O–H groups in total. The number of hydrogen-bond donors (Lipinski definition) is 1. The molecule has 0 fully saturated rings. The summed E-state index contributed by atoms with van der Waals surface area (Å²) < 4.78 is 0. The van der Waals surface area contributed by atoms with Crippen molar-refractivity contribution in [2.75, 3.05) is 18.4 Å². The third-order valence-corrected chi connectivity index (χ3v) is 3.64. The van der Waals surface area contributed by atoms with Crippen LogP contribution in [0.25, 0.3) is 0 Å². The highest BCUT2D eigenvalue weighted by Crippen LogP contribution is 2.10. The van der Waals surface area contributed by atoms with Crippen LogP contribution in [0.15, 0.2) is 36.4 Å². The number of hydrogen-bond acceptors (Lipinski definition) is 4. The quantitative estimate of drug-likeness (QED) is 0.804. The first-order valence-corrected chi connectivity index (χ1v) is 8.56. The maximum Gasteiger partial charge on any atom is 0.272 e. The molecule has 0 bridgehead atoms. The summed E-state index contributed by atoms with van der Waals surface area (Å²) >= 11 is 0. The fourth-order valence-corrected chi connectivity index (χ4v) is 2.55. The fraction of sp³-hybridized carbons (Fsp3) is 0.421. The lowest BCUT2D eigenvalue weighted by molar-refractivity contribution is 0.0749. The molecule has 0 radical (unpaired) electrons. The first kappa shape index (κ1) is 17.9. The fourth-order valence-electron chi connectivity index (χ4n) is 2.55. The first-order chi connectivity index (χ1) is 11.6. The molecule has 2 aromatic rings. The molecule has 0 aliphatic heterocycles. The Morgan fingerprint density at radius 3 is 2.38 bits per heavy atom. The second kappa shape index (κ2) is 9.01. The van der Waals surface area contributed by atoms with Gasteiger partial charge in [0.25, 0.3) is 5.91 Å². The van der Waals surface area contributed by atoms with E-state index in [1.54, 1.807) is 6.07 Å². The number of nitrogens with zero attached hydrogens (tertiary/aromatic N) is 3. The molecular weight excluding hydrogens is 300 g/mol. The van der Waals surface area contributed by atoms with E-state index < -0.39 is 0 Å². The Labute approximate surface area is 144 Å². The van der Waals surface area contributed by atoms with Gasteiger partial charge in [-0.2, -0.15) is 0 Å². The zero-order valence-electron chi connectivity index (χ0n) is 14.7. The van der Waals surface area contributed by atoms with Crippen molar-refractivity contribution in [3.63, 3.8) is 0 Å². The third-order valence-electron chi connectivity index (χ3n) is 3.64. The van der Waals surface area contributed by atoms with E-state index >= 15 is 0 Å². The van der Waals surface area contributed by atoms with Gasteiger partial charge >= 0.3 is 0 Å². The van der Waals surface area contributed by atoms with Crippen molar-refractivity contribution in [1.82, 2.24) is 14.9 Å². The Hall–Kier alpha value is -2.43. The van der Waals surface area contributed by atoms with Gasteiger partial charge in [-0.05, 0) is 31.4 Å². The summed E-state index contributed by atoms with van der Waals surface area (Å²) in [6.45, 7) is 8.18. The van der Waals surface area contributed by atoms with Gasteiger partial charge in [0.1, 0.15) is 5.69 Å². The predicted octanol–water partition coefficient (Wildman–Crippen LogP) is 3.66. The number of benzene rings is 1. The van der Waals surface area contributed by atoms with Crippen LogP contribution in [0.5, 0.6) is 0 Å². The van der Waals surface area contributed by atoms with Crippen molar-refractivity contribution in [3.8, 4) is 0 Å². The molecule has 128 valence electrons. The van der Waals surface area contributed by atoms with E-state index in [1.807, 2.05) is 42.2 Å². The number of anilines is 1. The number of nitrogens with one attached hydrogen (secondary N) is 1. The van der Waals surface area contributed by atoms with Crippen molar-refractivity contribution >= 4 is 11.9 Å². The summed E-state index contributed by atoms with van der Waals surface area (Å²) in [5, 5.41) is 3.21. The standard InChI is InChI=1S/C19H26N4O/c1-4-11-23(12-5-2)18(24)17-13-15(3)21-19(22-17)20-14-16-9-7-6-8-10-16/h6-10,13H,4-5,11-12,14H2,1-3H3,(H,20,21,22). The number of rotatable bonds is 8. The van der Waals surface area contributed by atoms with Crippen LogP contribution < -0.4 is 5.32 Å². The average molecular weight is 326 g/mol. The van der Waals surface area contributed by atoms with Crippen LogP contribution in [0.3, 0.4) is 0 Å². The molecule has 0 saturated heterocycles. The number of carbonyl (C=O) groups is 1. The van der Waals surface area contributed by atoms with Gasteiger partial charge in [-0.25, -0.2) is 9.97 Å². The number of aromatic nitrogens is 2. The average Bonchev–Trinajstić information content (AvgIpc) is 2.59. The molecule has 0 spiro atoms. The molecular formula is C19H26N4O. The van der Waals surface area contributed by atoms with Crippen LogP contribution in [-0.2, 0) is 6.54 Å². The van der Waals surface area contributed by atoms with Crippen LogP contribution >= 0.6 is 0 Å². The molecule has 0 aliphatic rings. The highest BCUT2D eigenvalue weighted by molar-refractivity contribution is 5.92. The van der Waals surface area contributed by atoms with E-state index in [-0.39, 0.29) is 5.91 Å². The van der Waals surface area contributed by atoms with Crippen LogP contribution in [-0.4, -0.2) is 33.9 Å². The van der Waals surface area contributed by atoms with E-state index in [9.17, 15) is 4.79 Å². The van der Waals surface area contributed by atoms with Gasteiger partial charge in [-0.3, -0.25) is 4.79 Å². The maximum absolute atomic E-state index is 12.7. The van der Waals surface area contributed by atoms with Crippen molar-refractivity contribution < 1.29 is 4.79 Å². The SMILES string of the molecule is CCCN(CCC)C(=O)c1cc(C)nc(NCc2ccccc2)n1. The van der Waals surface area contributed by atoms with Crippen LogP contribution in [0.4, 0.5) is 5.95 Å². The summed E-state index contributed by atoms with van der Waals surface area (Å²) in [6.07, 6.45) is 1.88. The van der Waals surface area contributed by atoms with Crippen LogP contribution in [0, 0.1) is 6.92 Å². The van der Waals surface area contributed by atoms with Gasteiger partial charge in [-0.1, -0.05) is 44.2 Å². The second-order valence-corrected chi connectivity index (χ2v) is 5.85. The molecule has 1 aromatic carbocycles. The van der Waals surface area contributed by atoms with Gasteiger partial charge in [0.05, 0.1) is 0 Å². The summed E-state index contributed by atoms with van der Waals surface area (Å²) in [5.74, 6) is 0.474. The normalized spacial score (nSPS) is 10.5. The lowest BCUT2D eigenvalue weighted by Crippen LogP contribution is -2.33. The summed E-state index contributed by atoms with van der Waals surface area (Å²) in [7, 11) is 0. The summed E-state index contributed by atoms with van der Waals surface area (Å²) in [6, 6.07) is 11.8. The largest absolute Gasteiger partial charge is 0.350 e. The Bertz CT molecular complexity index is 652. The summed E-state index contributed by atoms with van der Waals surface area (Å²) in [4.78, 5) is 23.4. The topological polar surface area (TPSA) is 58.1 Å². The molecule has 0 atom stereocenters. The van der Waals surface area contributed by atoms with Crippen molar-refractivity contribution in [2.45, 2.75) is 40.2 Å². The highest BCUT2D eigenvalue weighted by atomic mass is 16.2. The van der Waals surface area contributed by atoms with Gasteiger partial charge < -0.3 is 10.2 Å².